The SMILES string of the molecule is Cc1ccccc1NC(=S)N[C@@H](C)[C@H](c1cccs1)N1CCN(c2ccccc2F)CC1. The molecule has 0 amide bonds. The van der Waals surface area contributed by atoms with E-state index < -0.39 is 0 Å². The Hall–Kier alpha value is -2.48. The van der Waals surface area contributed by atoms with Crippen molar-refractivity contribution >= 4 is 40.0 Å². The molecule has 2 atom stereocenters. The number of piperazine rings is 1. The molecule has 1 aromatic heterocycles. The minimum atomic E-state index is -0.154. The number of halogens is 1. The van der Waals surface area contributed by atoms with E-state index in [-0.39, 0.29) is 17.9 Å². The van der Waals surface area contributed by atoms with Gasteiger partial charge in [0.15, 0.2) is 5.11 Å². The third kappa shape index (κ3) is 5.28. The number of thiocarbonyl (C=S) groups is 1. The van der Waals surface area contributed by atoms with Crippen LogP contribution in [0.2, 0.25) is 0 Å². The number of para-hydroxylation sites is 2. The standard InChI is InChI=1S/C25H29FN4S2/c1-18-8-3-5-10-21(18)28-25(31)27-19(2)24(23-12-7-17-32-23)30-15-13-29(14-16-30)22-11-6-4-9-20(22)26/h3-12,17,19,24H,13-16H2,1-2H3,(H2,27,28,31)/t19-,24+/m0/s1. The number of hydrogen-bond donors (Lipinski definition) is 2. The molecule has 0 unspecified atom stereocenters. The minimum Gasteiger partial charge on any atom is -0.367 e. The van der Waals surface area contributed by atoms with Crippen LogP contribution in [0.1, 0.15) is 23.4 Å². The number of thiophene rings is 1. The van der Waals surface area contributed by atoms with Gasteiger partial charge in [-0.25, -0.2) is 4.39 Å². The van der Waals surface area contributed by atoms with Gasteiger partial charge < -0.3 is 15.5 Å². The van der Waals surface area contributed by atoms with Crippen LogP contribution >= 0.6 is 23.6 Å². The molecule has 0 saturated carbocycles. The molecule has 168 valence electrons. The van der Waals surface area contributed by atoms with E-state index in [0.717, 1.165) is 37.4 Å². The predicted molar refractivity (Wildman–Crippen MR) is 137 cm³/mol. The van der Waals surface area contributed by atoms with Crippen molar-refractivity contribution in [2.75, 3.05) is 36.4 Å². The number of rotatable bonds is 6. The fraction of sp³-hybridized carbons (Fsp3) is 0.320. The van der Waals surface area contributed by atoms with Crippen molar-refractivity contribution < 1.29 is 4.39 Å². The summed E-state index contributed by atoms with van der Waals surface area (Å²) in [6, 6.07) is 19.7. The van der Waals surface area contributed by atoms with E-state index in [9.17, 15) is 4.39 Å². The third-order valence-corrected chi connectivity index (χ3v) is 7.12. The Bertz CT molecular complexity index is 1030. The lowest BCUT2D eigenvalue weighted by Gasteiger charge is -2.42. The quantitative estimate of drug-likeness (QED) is 0.471. The van der Waals surface area contributed by atoms with Crippen LogP contribution in [0.15, 0.2) is 66.0 Å². The zero-order valence-corrected chi connectivity index (χ0v) is 20.1. The Morgan fingerprint density at radius 3 is 2.41 bits per heavy atom. The summed E-state index contributed by atoms with van der Waals surface area (Å²) in [5.41, 5.74) is 2.86. The van der Waals surface area contributed by atoms with Crippen molar-refractivity contribution in [2.24, 2.45) is 0 Å². The highest BCUT2D eigenvalue weighted by atomic mass is 32.1. The van der Waals surface area contributed by atoms with E-state index >= 15 is 0 Å². The molecule has 2 N–H and O–H groups in total. The molecular formula is C25H29FN4S2. The van der Waals surface area contributed by atoms with Gasteiger partial charge >= 0.3 is 0 Å². The van der Waals surface area contributed by atoms with Gasteiger partial charge in [0.05, 0.1) is 11.7 Å². The maximum Gasteiger partial charge on any atom is 0.171 e. The van der Waals surface area contributed by atoms with Crippen LogP contribution < -0.4 is 15.5 Å². The number of nitrogens with one attached hydrogen (secondary N) is 2. The molecule has 7 heteroatoms. The number of benzene rings is 2. The molecule has 1 aliphatic rings. The van der Waals surface area contributed by atoms with Crippen LogP contribution in [0.25, 0.3) is 0 Å². The summed E-state index contributed by atoms with van der Waals surface area (Å²) in [5.74, 6) is -0.154. The Kier molecular flexibility index (Phi) is 7.40. The molecule has 1 aliphatic heterocycles. The van der Waals surface area contributed by atoms with Crippen LogP contribution in [0.4, 0.5) is 15.8 Å². The first-order valence-corrected chi connectivity index (χ1v) is 12.2. The number of aryl methyl sites for hydroxylation is 1. The minimum absolute atomic E-state index is 0.109. The summed E-state index contributed by atoms with van der Waals surface area (Å²) in [4.78, 5) is 5.93. The number of anilines is 2. The molecule has 2 heterocycles. The lowest BCUT2D eigenvalue weighted by Crippen LogP contribution is -2.52. The molecular weight excluding hydrogens is 439 g/mol. The van der Waals surface area contributed by atoms with Crippen LogP contribution in [-0.4, -0.2) is 42.2 Å². The van der Waals surface area contributed by atoms with Gasteiger partial charge in [-0.1, -0.05) is 36.4 Å². The van der Waals surface area contributed by atoms with Crippen molar-refractivity contribution in [3.63, 3.8) is 0 Å². The average molecular weight is 469 g/mol. The highest BCUT2D eigenvalue weighted by Crippen LogP contribution is 2.30. The molecule has 3 aromatic rings. The largest absolute Gasteiger partial charge is 0.367 e. The Morgan fingerprint density at radius 2 is 1.72 bits per heavy atom. The zero-order valence-electron chi connectivity index (χ0n) is 18.4. The summed E-state index contributed by atoms with van der Waals surface area (Å²) in [7, 11) is 0. The highest BCUT2D eigenvalue weighted by Gasteiger charge is 2.31. The molecule has 0 spiro atoms. The van der Waals surface area contributed by atoms with Gasteiger partial charge in [-0.2, -0.15) is 0 Å². The summed E-state index contributed by atoms with van der Waals surface area (Å²) in [5, 5.41) is 9.58. The van der Waals surface area contributed by atoms with E-state index in [1.54, 1.807) is 17.4 Å². The molecule has 2 aromatic carbocycles. The first-order valence-electron chi connectivity index (χ1n) is 10.9. The second-order valence-electron chi connectivity index (χ2n) is 8.14. The summed E-state index contributed by atoms with van der Waals surface area (Å²) >= 11 is 7.40. The molecule has 0 aliphatic carbocycles. The fourth-order valence-electron chi connectivity index (χ4n) is 4.31. The van der Waals surface area contributed by atoms with Gasteiger partial charge in [0.25, 0.3) is 0 Å². The van der Waals surface area contributed by atoms with Gasteiger partial charge in [-0.05, 0) is 61.3 Å². The van der Waals surface area contributed by atoms with Crippen molar-refractivity contribution in [3.05, 3.63) is 82.3 Å². The molecule has 0 radical (unpaired) electrons. The predicted octanol–water partition coefficient (Wildman–Crippen LogP) is 5.43. The Balaban J connectivity index is 1.43. The summed E-state index contributed by atoms with van der Waals surface area (Å²) in [6.07, 6.45) is 0. The van der Waals surface area contributed by atoms with E-state index in [0.29, 0.717) is 10.8 Å². The van der Waals surface area contributed by atoms with E-state index in [1.807, 2.05) is 30.3 Å². The third-order valence-electron chi connectivity index (χ3n) is 5.96. The fourth-order valence-corrected chi connectivity index (χ4v) is 5.57. The van der Waals surface area contributed by atoms with Crippen LogP contribution in [-0.2, 0) is 0 Å². The normalized spacial score (nSPS) is 16.4. The number of hydrogen-bond acceptors (Lipinski definition) is 4. The van der Waals surface area contributed by atoms with Crippen molar-refractivity contribution in [1.29, 1.82) is 0 Å². The molecule has 4 nitrogen and oxygen atoms in total. The first-order chi connectivity index (χ1) is 15.5. The smallest absolute Gasteiger partial charge is 0.171 e. The molecule has 1 fully saturated rings. The summed E-state index contributed by atoms with van der Waals surface area (Å²) in [6.45, 7) is 7.56. The van der Waals surface area contributed by atoms with Gasteiger partial charge in [-0.3, -0.25) is 4.90 Å². The second kappa shape index (κ2) is 10.4. The van der Waals surface area contributed by atoms with Gasteiger partial charge in [0.1, 0.15) is 5.82 Å². The van der Waals surface area contributed by atoms with Gasteiger partial charge in [0.2, 0.25) is 0 Å². The van der Waals surface area contributed by atoms with Crippen LogP contribution in [0.5, 0.6) is 0 Å². The lowest BCUT2D eigenvalue weighted by atomic mass is 10.0. The van der Waals surface area contributed by atoms with Crippen LogP contribution in [0, 0.1) is 12.7 Å². The highest BCUT2D eigenvalue weighted by molar-refractivity contribution is 7.80. The lowest BCUT2D eigenvalue weighted by molar-refractivity contribution is 0.163. The van der Waals surface area contributed by atoms with E-state index in [2.05, 4.69) is 57.9 Å². The first kappa shape index (κ1) is 22.7. The van der Waals surface area contributed by atoms with Gasteiger partial charge in [-0.15, -0.1) is 11.3 Å². The van der Waals surface area contributed by atoms with Crippen molar-refractivity contribution in [1.82, 2.24) is 10.2 Å². The molecule has 32 heavy (non-hydrogen) atoms. The maximum atomic E-state index is 14.2. The van der Waals surface area contributed by atoms with Crippen LogP contribution in [0.3, 0.4) is 0 Å². The Morgan fingerprint density at radius 1 is 1.00 bits per heavy atom. The topological polar surface area (TPSA) is 30.5 Å². The monoisotopic (exact) mass is 468 g/mol. The molecule has 4 rings (SSSR count). The van der Waals surface area contributed by atoms with E-state index in [1.165, 1.54) is 10.9 Å². The van der Waals surface area contributed by atoms with Gasteiger partial charge in [0, 0.05) is 42.8 Å². The van der Waals surface area contributed by atoms with Crippen molar-refractivity contribution in [2.45, 2.75) is 25.9 Å². The molecule has 0 bridgehead atoms. The Labute approximate surface area is 199 Å². The maximum absolute atomic E-state index is 14.2. The van der Waals surface area contributed by atoms with E-state index in [4.69, 9.17) is 12.2 Å². The summed E-state index contributed by atoms with van der Waals surface area (Å²) < 4.78 is 14.2. The molecule has 1 saturated heterocycles. The average Bonchev–Trinajstić information content (AvgIpc) is 3.31. The second-order valence-corrected chi connectivity index (χ2v) is 9.52. The zero-order chi connectivity index (χ0) is 22.5. The van der Waals surface area contributed by atoms with Crippen molar-refractivity contribution in [3.8, 4) is 0 Å². The number of nitrogens with zero attached hydrogens (tertiary/aromatic N) is 2.